The fourth-order valence-electron chi connectivity index (χ4n) is 3.36. The highest BCUT2D eigenvalue weighted by molar-refractivity contribution is 5.92. The third kappa shape index (κ3) is 2.84. The molecule has 0 spiro atoms. The molecule has 2 fully saturated rings. The van der Waals surface area contributed by atoms with E-state index >= 15 is 0 Å². The lowest BCUT2D eigenvalue weighted by Crippen LogP contribution is -2.44. The summed E-state index contributed by atoms with van der Waals surface area (Å²) in [7, 11) is 0. The van der Waals surface area contributed by atoms with E-state index in [1.165, 1.54) is 19.3 Å². The van der Waals surface area contributed by atoms with Gasteiger partial charge in [0.1, 0.15) is 5.69 Å². The van der Waals surface area contributed by atoms with E-state index in [2.05, 4.69) is 21.8 Å². The molecule has 0 bridgehead atoms. The molecule has 1 aromatic heterocycles. The molecule has 0 N–H and O–H groups in total. The van der Waals surface area contributed by atoms with E-state index in [0.29, 0.717) is 17.8 Å². The highest BCUT2D eigenvalue weighted by Crippen LogP contribution is 2.36. The fraction of sp³-hybridized carbons (Fsp3) is 0.688. The molecule has 108 valence electrons. The zero-order chi connectivity index (χ0) is 13.9. The zero-order valence-corrected chi connectivity index (χ0v) is 12.2. The number of carbonyl (C=O) groups is 1. The molecule has 4 nitrogen and oxygen atoms in total. The van der Waals surface area contributed by atoms with Crippen molar-refractivity contribution in [3.8, 4) is 0 Å². The zero-order valence-electron chi connectivity index (χ0n) is 12.2. The number of nitrogens with zero attached hydrogens (tertiary/aromatic N) is 3. The van der Waals surface area contributed by atoms with Crippen LogP contribution in [0.1, 0.15) is 62.4 Å². The first kappa shape index (κ1) is 13.5. The topological polar surface area (TPSA) is 46.1 Å². The Morgan fingerprint density at radius 3 is 2.30 bits per heavy atom. The summed E-state index contributed by atoms with van der Waals surface area (Å²) in [6.45, 7) is 2.27. The molecule has 4 heteroatoms. The average Bonchev–Trinajstić information content (AvgIpc) is 3.34. The van der Waals surface area contributed by atoms with Gasteiger partial charge in [-0.25, -0.2) is 4.98 Å². The molecule has 1 heterocycles. The Bertz CT molecular complexity index is 450. The van der Waals surface area contributed by atoms with Gasteiger partial charge in [-0.3, -0.25) is 9.78 Å². The minimum Gasteiger partial charge on any atom is -0.331 e. The van der Waals surface area contributed by atoms with Gasteiger partial charge in [-0.15, -0.1) is 0 Å². The molecule has 20 heavy (non-hydrogen) atoms. The van der Waals surface area contributed by atoms with E-state index in [9.17, 15) is 4.79 Å². The first-order valence-corrected chi connectivity index (χ1v) is 7.88. The highest BCUT2D eigenvalue weighted by Gasteiger charge is 2.39. The Balaban J connectivity index is 1.72. The minimum atomic E-state index is 0.0838. The summed E-state index contributed by atoms with van der Waals surface area (Å²) in [4.78, 5) is 23.0. The molecule has 0 unspecified atom stereocenters. The molecule has 3 rings (SSSR count). The second kappa shape index (κ2) is 5.90. The van der Waals surface area contributed by atoms with E-state index in [-0.39, 0.29) is 5.91 Å². The van der Waals surface area contributed by atoms with Crippen LogP contribution < -0.4 is 0 Å². The van der Waals surface area contributed by atoms with Gasteiger partial charge in [-0.05, 0) is 44.4 Å². The molecule has 1 amide bonds. The Morgan fingerprint density at radius 1 is 1.15 bits per heavy atom. The third-order valence-corrected chi connectivity index (χ3v) is 4.74. The molecule has 1 aromatic rings. The lowest BCUT2D eigenvalue weighted by molar-refractivity contribution is 0.0580. The monoisotopic (exact) mass is 273 g/mol. The summed E-state index contributed by atoms with van der Waals surface area (Å²) in [5.74, 6) is 0.944. The van der Waals surface area contributed by atoms with Gasteiger partial charge < -0.3 is 4.90 Å². The van der Waals surface area contributed by atoms with Gasteiger partial charge in [0.25, 0.3) is 5.91 Å². The molecule has 0 atom stereocenters. The van der Waals surface area contributed by atoms with Crippen LogP contribution in [0.2, 0.25) is 0 Å². The van der Waals surface area contributed by atoms with Crippen molar-refractivity contribution in [3.63, 3.8) is 0 Å². The van der Waals surface area contributed by atoms with Crippen molar-refractivity contribution in [2.24, 2.45) is 5.92 Å². The van der Waals surface area contributed by atoms with Crippen molar-refractivity contribution >= 4 is 5.91 Å². The van der Waals surface area contributed by atoms with E-state index in [4.69, 9.17) is 0 Å². The van der Waals surface area contributed by atoms with Crippen LogP contribution >= 0.6 is 0 Å². The highest BCUT2D eigenvalue weighted by atomic mass is 16.2. The third-order valence-electron chi connectivity index (χ3n) is 4.74. The van der Waals surface area contributed by atoms with Gasteiger partial charge in [-0.1, -0.05) is 13.3 Å². The van der Waals surface area contributed by atoms with Crippen LogP contribution in [0.15, 0.2) is 18.6 Å². The SMILES string of the molecule is CCC1CCC(N(C(=O)c2cnccn2)C2CC2)CC1. The second-order valence-electron chi connectivity index (χ2n) is 6.12. The maximum Gasteiger partial charge on any atom is 0.274 e. The maximum atomic E-state index is 12.7. The van der Waals surface area contributed by atoms with Crippen molar-refractivity contribution in [3.05, 3.63) is 24.3 Å². The number of hydrogen-bond acceptors (Lipinski definition) is 3. The summed E-state index contributed by atoms with van der Waals surface area (Å²) >= 11 is 0. The Hall–Kier alpha value is -1.45. The first-order chi connectivity index (χ1) is 9.79. The number of rotatable bonds is 4. The predicted octanol–water partition coefficient (Wildman–Crippen LogP) is 3.05. The maximum absolute atomic E-state index is 12.7. The second-order valence-corrected chi connectivity index (χ2v) is 6.12. The lowest BCUT2D eigenvalue weighted by Gasteiger charge is -2.36. The molecule has 0 radical (unpaired) electrons. The van der Waals surface area contributed by atoms with Gasteiger partial charge in [-0.2, -0.15) is 0 Å². The summed E-state index contributed by atoms with van der Waals surface area (Å²) in [6.07, 6.45) is 13.2. The van der Waals surface area contributed by atoms with Crippen LogP contribution in [0.25, 0.3) is 0 Å². The molecule has 0 aliphatic heterocycles. The molecule has 2 aliphatic carbocycles. The van der Waals surface area contributed by atoms with Gasteiger partial charge >= 0.3 is 0 Å². The van der Waals surface area contributed by atoms with Gasteiger partial charge in [0.05, 0.1) is 6.20 Å². The summed E-state index contributed by atoms with van der Waals surface area (Å²) in [5.41, 5.74) is 0.497. The number of aromatic nitrogens is 2. The molecular weight excluding hydrogens is 250 g/mol. The minimum absolute atomic E-state index is 0.0838. The van der Waals surface area contributed by atoms with Crippen LogP contribution in [-0.4, -0.2) is 32.9 Å². The molecule has 0 saturated heterocycles. The van der Waals surface area contributed by atoms with Crippen molar-refractivity contribution in [1.82, 2.24) is 14.9 Å². The van der Waals surface area contributed by atoms with Gasteiger partial charge in [0, 0.05) is 24.5 Å². The van der Waals surface area contributed by atoms with Crippen LogP contribution in [0.5, 0.6) is 0 Å². The van der Waals surface area contributed by atoms with E-state index in [0.717, 1.165) is 31.6 Å². The normalized spacial score (nSPS) is 26.2. The lowest BCUT2D eigenvalue weighted by atomic mass is 9.83. The van der Waals surface area contributed by atoms with Crippen molar-refractivity contribution in [2.45, 2.75) is 64.0 Å². The largest absolute Gasteiger partial charge is 0.331 e. The standard InChI is InChI=1S/C16H23N3O/c1-2-12-3-5-13(6-4-12)19(14-7-8-14)16(20)15-11-17-9-10-18-15/h9-14H,2-8H2,1H3. The molecule has 2 saturated carbocycles. The number of carbonyl (C=O) groups excluding carboxylic acids is 1. The van der Waals surface area contributed by atoms with Gasteiger partial charge in [0.2, 0.25) is 0 Å². The summed E-state index contributed by atoms with van der Waals surface area (Å²) in [5, 5.41) is 0. The van der Waals surface area contributed by atoms with Gasteiger partial charge in [0.15, 0.2) is 0 Å². The average molecular weight is 273 g/mol. The van der Waals surface area contributed by atoms with Crippen molar-refractivity contribution < 1.29 is 4.79 Å². The summed E-state index contributed by atoms with van der Waals surface area (Å²) in [6, 6.07) is 0.868. The Kier molecular flexibility index (Phi) is 3.99. The van der Waals surface area contributed by atoms with E-state index in [1.54, 1.807) is 18.6 Å². The first-order valence-electron chi connectivity index (χ1n) is 7.88. The van der Waals surface area contributed by atoms with Crippen molar-refractivity contribution in [1.29, 1.82) is 0 Å². The molecule has 0 aromatic carbocycles. The smallest absolute Gasteiger partial charge is 0.274 e. The quantitative estimate of drug-likeness (QED) is 0.847. The van der Waals surface area contributed by atoms with Crippen LogP contribution in [0, 0.1) is 5.92 Å². The Morgan fingerprint density at radius 2 is 1.80 bits per heavy atom. The Labute approximate surface area is 120 Å². The number of amides is 1. The van der Waals surface area contributed by atoms with E-state index in [1.807, 2.05) is 0 Å². The van der Waals surface area contributed by atoms with Crippen LogP contribution in [0.3, 0.4) is 0 Å². The van der Waals surface area contributed by atoms with Crippen LogP contribution in [-0.2, 0) is 0 Å². The van der Waals surface area contributed by atoms with Crippen molar-refractivity contribution in [2.75, 3.05) is 0 Å². The molecular formula is C16H23N3O. The van der Waals surface area contributed by atoms with Crippen LogP contribution in [0.4, 0.5) is 0 Å². The molecule has 2 aliphatic rings. The van der Waals surface area contributed by atoms with E-state index < -0.39 is 0 Å². The number of hydrogen-bond donors (Lipinski definition) is 0. The summed E-state index contributed by atoms with van der Waals surface area (Å²) < 4.78 is 0. The predicted molar refractivity (Wildman–Crippen MR) is 77.3 cm³/mol. The fourth-order valence-corrected chi connectivity index (χ4v) is 3.36.